The molecular formula is C21H16N6. The van der Waals surface area contributed by atoms with E-state index >= 15 is 0 Å². The van der Waals surface area contributed by atoms with Crippen molar-refractivity contribution in [3.8, 4) is 6.07 Å². The molecule has 0 bridgehead atoms. The number of pyridine rings is 1. The topological polar surface area (TPSA) is 86.5 Å². The number of fused-ring (bicyclic) bond motifs is 1. The molecule has 130 valence electrons. The number of para-hydroxylation sites is 1. The molecule has 0 atom stereocenters. The van der Waals surface area contributed by atoms with Gasteiger partial charge in [0.05, 0.1) is 22.8 Å². The molecule has 4 rings (SSSR count). The van der Waals surface area contributed by atoms with E-state index in [-0.39, 0.29) is 0 Å². The monoisotopic (exact) mass is 352 g/mol. The summed E-state index contributed by atoms with van der Waals surface area (Å²) in [5.74, 6) is 1.13. The number of nitriles is 1. The minimum atomic E-state index is 0.479. The smallest absolute Gasteiger partial charge is 0.229 e. The minimum absolute atomic E-state index is 0.479. The van der Waals surface area contributed by atoms with Crippen LogP contribution in [0.4, 0.5) is 23.1 Å². The molecule has 2 heterocycles. The summed E-state index contributed by atoms with van der Waals surface area (Å²) in [5, 5.41) is 16.6. The molecule has 0 unspecified atom stereocenters. The molecule has 0 aliphatic carbocycles. The van der Waals surface area contributed by atoms with Crippen molar-refractivity contribution in [2.45, 2.75) is 6.92 Å². The van der Waals surface area contributed by atoms with E-state index < -0.39 is 0 Å². The number of rotatable bonds is 4. The van der Waals surface area contributed by atoms with E-state index in [1.54, 1.807) is 18.3 Å². The number of nitrogens with zero attached hydrogens (tertiary/aromatic N) is 4. The lowest BCUT2D eigenvalue weighted by molar-refractivity contribution is 1.11. The molecule has 0 saturated carbocycles. The zero-order chi connectivity index (χ0) is 18.6. The highest BCUT2D eigenvalue weighted by molar-refractivity contribution is 5.91. The highest BCUT2D eigenvalue weighted by Gasteiger charge is 2.07. The average Bonchev–Trinajstić information content (AvgIpc) is 2.68. The van der Waals surface area contributed by atoms with Gasteiger partial charge in [-0.1, -0.05) is 24.3 Å². The van der Waals surface area contributed by atoms with Gasteiger partial charge >= 0.3 is 0 Å². The Labute approximate surface area is 156 Å². The molecule has 0 aliphatic rings. The van der Waals surface area contributed by atoms with Gasteiger partial charge in [-0.15, -0.1) is 0 Å². The van der Waals surface area contributed by atoms with Crippen LogP contribution in [0, 0.1) is 18.3 Å². The number of aromatic nitrogens is 3. The van der Waals surface area contributed by atoms with E-state index in [0.29, 0.717) is 17.3 Å². The Morgan fingerprint density at radius 2 is 1.78 bits per heavy atom. The molecule has 2 aromatic heterocycles. The van der Waals surface area contributed by atoms with Gasteiger partial charge in [0, 0.05) is 29.0 Å². The first kappa shape index (κ1) is 16.5. The molecule has 27 heavy (non-hydrogen) atoms. The molecule has 0 radical (unpaired) electrons. The first-order valence-electron chi connectivity index (χ1n) is 8.45. The highest BCUT2D eigenvalue weighted by atomic mass is 15.1. The standard InChI is InChI=1S/C21H16N6/c1-14-11-19(25-17-8-2-5-15(12-17)13-22)27-21(24-14)26-18-9-3-6-16-7-4-10-23-20(16)18/h2-12H,1H3,(H2,24,25,26,27). The number of aryl methyl sites for hydroxylation is 1. The maximum absolute atomic E-state index is 9.05. The van der Waals surface area contributed by atoms with E-state index in [1.807, 2.05) is 55.5 Å². The number of hydrogen-bond acceptors (Lipinski definition) is 6. The number of anilines is 4. The number of hydrogen-bond donors (Lipinski definition) is 2. The average molecular weight is 352 g/mol. The summed E-state index contributed by atoms with van der Waals surface area (Å²) in [6.07, 6.45) is 1.76. The summed E-state index contributed by atoms with van der Waals surface area (Å²) >= 11 is 0. The van der Waals surface area contributed by atoms with Gasteiger partial charge in [-0.3, -0.25) is 4.98 Å². The lowest BCUT2D eigenvalue weighted by Gasteiger charge is -2.11. The van der Waals surface area contributed by atoms with Crippen molar-refractivity contribution in [2.24, 2.45) is 0 Å². The maximum atomic E-state index is 9.05. The molecule has 6 heteroatoms. The van der Waals surface area contributed by atoms with Crippen LogP contribution in [-0.2, 0) is 0 Å². The first-order valence-corrected chi connectivity index (χ1v) is 8.45. The second kappa shape index (κ2) is 7.10. The molecule has 0 fully saturated rings. The van der Waals surface area contributed by atoms with Crippen LogP contribution in [0.5, 0.6) is 0 Å². The van der Waals surface area contributed by atoms with Crippen LogP contribution >= 0.6 is 0 Å². The summed E-state index contributed by atoms with van der Waals surface area (Å²) in [7, 11) is 0. The van der Waals surface area contributed by atoms with E-state index in [2.05, 4.69) is 31.7 Å². The van der Waals surface area contributed by atoms with Gasteiger partial charge < -0.3 is 10.6 Å². The molecular weight excluding hydrogens is 336 g/mol. The Hall–Kier alpha value is -3.98. The predicted octanol–water partition coefficient (Wildman–Crippen LogP) is 4.69. The Kier molecular flexibility index (Phi) is 4.33. The van der Waals surface area contributed by atoms with Gasteiger partial charge in [0.25, 0.3) is 0 Å². The van der Waals surface area contributed by atoms with E-state index in [9.17, 15) is 0 Å². The third-order valence-corrected chi connectivity index (χ3v) is 4.00. The van der Waals surface area contributed by atoms with Gasteiger partial charge in [0.2, 0.25) is 5.95 Å². The van der Waals surface area contributed by atoms with Crippen molar-refractivity contribution in [3.63, 3.8) is 0 Å². The Morgan fingerprint density at radius 3 is 2.67 bits per heavy atom. The van der Waals surface area contributed by atoms with Gasteiger partial charge in [-0.25, -0.2) is 4.98 Å². The Morgan fingerprint density at radius 1 is 0.926 bits per heavy atom. The van der Waals surface area contributed by atoms with E-state index in [1.165, 1.54) is 0 Å². The maximum Gasteiger partial charge on any atom is 0.229 e. The van der Waals surface area contributed by atoms with Crippen LogP contribution in [0.3, 0.4) is 0 Å². The largest absolute Gasteiger partial charge is 0.340 e. The van der Waals surface area contributed by atoms with Crippen LogP contribution in [0.15, 0.2) is 66.9 Å². The SMILES string of the molecule is Cc1cc(Nc2cccc(C#N)c2)nc(Nc2cccc3cccnc23)n1. The van der Waals surface area contributed by atoms with Gasteiger partial charge in [0.15, 0.2) is 0 Å². The zero-order valence-electron chi connectivity index (χ0n) is 14.6. The summed E-state index contributed by atoms with van der Waals surface area (Å²) in [6.45, 7) is 1.91. The van der Waals surface area contributed by atoms with Crippen molar-refractivity contribution in [2.75, 3.05) is 10.6 Å². The molecule has 0 aliphatic heterocycles. The minimum Gasteiger partial charge on any atom is -0.340 e. The second-order valence-corrected chi connectivity index (χ2v) is 6.04. The van der Waals surface area contributed by atoms with Crippen LogP contribution < -0.4 is 10.6 Å². The van der Waals surface area contributed by atoms with Crippen molar-refractivity contribution >= 4 is 34.0 Å². The summed E-state index contributed by atoms with van der Waals surface area (Å²) in [5.41, 5.74) is 3.91. The fraction of sp³-hybridized carbons (Fsp3) is 0.0476. The molecule has 2 aromatic carbocycles. The van der Waals surface area contributed by atoms with Crippen molar-refractivity contribution in [1.29, 1.82) is 5.26 Å². The van der Waals surface area contributed by atoms with Crippen LogP contribution in [0.25, 0.3) is 10.9 Å². The lowest BCUT2D eigenvalue weighted by Crippen LogP contribution is -2.03. The number of nitrogens with one attached hydrogen (secondary N) is 2. The third kappa shape index (κ3) is 3.67. The number of benzene rings is 2. The lowest BCUT2D eigenvalue weighted by atomic mass is 10.2. The fourth-order valence-electron chi connectivity index (χ4n) is 2.83. The summed E-state index contributed by atoms with van der Waals surface area (Å²) in [4.78, 5) is 13.5. The zero-order valence-corrected chi connectivity index (χ0v) is 14.6. The Bertz CT molecular complexity index is 1160. The fourth-order valence-corrected chi connectivity index (χ4v) is 2.83. The van der Waals surface area contributed by atoms with Crippen LogP contribution in [-0.4, -0.2) is 15.0 Å². The van der Waals surface area contributed by atoms with Crippen molar-refractivity contribution in [3.05, 3.63) is 78.1 Å². The van der Waals surface area contributed by atoms with Gasteiger partial charge in [-0.05, 0) is 37.3 Å². The molecule has 2 N–H and O–H groups in total. The van der Waals surface area contributed by atoms with E-state index in [0.717, 1.165) is 28.0 Å². The van der Waals surface area contributed by atoms with Crippen molar-refractivity contribution < 1.29 is 0 Å². The van der Waals surface area contributed by atoms with Crippen LogP contribution in [0.2, 0.25) is 0 Å². The molecule has 0 saturated heterocycles. The normalized spacial score (nSPS) is 10.4. The van der Waals surface area contributed by atoms with Crippen molar-refractivity contribution in [1.82, 2.24) is 15.0 Å². The van der Waals surface area contributed by atoms with Gasteiger partial charge in [0.1, 0.15) is 5.82 Å². The summed E-state index contributed by atoms with van der Waals surface area (Å²) < 4.78 is 0. The first-order chi connectivity index (χ1) is 13.2. The second-order valence-electron chi connectivity index (χ2n) is 6.04. The summed E-state index contributed by atoms with van der Waals surface area (Å²) in [6, 6.07) is 21.1. The molecule has 0 amide bonds. The molecule has 4 aromatic rings. The Balaban J connectivity index is 1.65. The molecule has 6 nitrogen and oxygen atoms in total. The van der Waals surface area contributed by atoms with Gasteiger partial charge in [-0.2, -0.15) is 10.2 Å². The van der Waals surface area contributed by atoms with E-state index in [4.69, 9.17) is 5.26 Å². The van der Waals surface area contributed by atoms with Crippen LogP contribution in [0.1, 0.15) is 11.3 Å². The predicted molar refractivity (Wildman–Crippen MR) is 106 cm³/mol. The third-order valence-electron chi connectivity index (χ3n) is 4.00. The molecule has 0 spiro atoms. The quantitative estimate of drug-likeness (QED) is 0.554. The highest BCUT2D eigenvalue weighted by Crippen LogP contribution is 2.24.